The standard InChI is InChI=1S/C11H19N5O2/c1-8-10(12-2)15-7-16-11(8)14-6-9(17)13-4-5-18-3/h7H,4-6H2,1-3H3,(H,13,17)(H2,12,14,15,16). The molecule has 0 aliphatic heterocycles. The van der Waals surface area contributed by atoms with Crippen LogP contribution in [0.3, 0.4) is 0 Å². The molecule has 1 heterocycles. The third-order valence-electron chi connectivity index (χ3n) is 2.37. The minimum atomic E-state index is -0.101. The number of nitrogens with zero attached hydrogens (tertiary/aromatic N) is 2. The Morgan fingerprint density at radius 2 is 2.11 bits per heavy atom. The maximum absolute atomic E-state index is 11.5. The molecular weight excluding hydrogens is 234 g/mol. The van der Waals surface area contributed by atoms with Crippen LogP contribution in [0.5, 0.6) is 0 Å². The van der Waals surface area contributed by atoms with Crippen LogP contribution in [-0.4, -0.2) is 49.7 Å². The van der Waals surface area contributed by atoms with E-state index in [9.17, 15) is 4.79 Å². The molecule has 0 saturated carbocycles. The van der Waals surface area contributed by atoms with Gasteiger partial charge in [0.25, 0.3) is 0 Å². The van der Waals surface area contributed by atoms with Gasteiger partial charge in [0.15, 0.2) is 0 Å². The van der Waals surface area contributed by atoms with Gasteiger partial charge in [0.2, 0.25) is 5.91 Å². The van der Waals surface area contributed by atoms with Gasteiger partial charge in [0.05, 0.1) is 13.2 Å². The number of carbonyl (C=O) groups excluding carboxylic acids is 1. The number of carbonyl (C=O) groups is 1. The zero-order valence-corrected chi connectivity index (χ0v) is 10.9. The van der Waals surface area contributed by atoms with Gasteiger partial charge in [-0.25, -0.2) is 9.97 Å². The van der Waals surface area contributed by atoms with E-state index in [2.05, 4.69) is 25.9 Å². The zero-order valence-electron chi connectivity index (χ0n) is 10.9. The molecule has 1 rings (SSSR count). The van der Waals surface area contributed by atoms with E-state index in [-0.39, 0.29) is 12.5 Å². The third-order valence-corrected chi connectivity index (χ3v) is 2.37. The van der Waals surface area contributed by atoms with Crippen molar-refractivity contribution in [1.82, 2.24) is 15.3 Å². The van der Waals surface area contributed by atoms with E-state index in [0.29, 0.717) is 19.0 Å². The highest BCUT2D eigenvalue weighted by molar-refractivity contribution is 5.80. The van der Waals surface area contributed by atoms with Crippen LogP contribution in [0, 0.1) is 6.92 Å². The van der Waals surface area contributed by atoms with Crippen LogP contribution in [0.4, 0.5) is 11.6 Å². The Morgan fingerprint density at radius 3 is 2.78 bits per heavy atom. The Hall–Kier alpha value is -1.89. The lowest BCUT2D eigenvalue weighted by Gasteiger charge is -2.11. The Morgan fingerprint density at radius 1 is 1.39 bits per heavy atom. The highest BCUT2D eigenvalue weighted by Gasteiger charge is 2.06. The molecule has 0 radical (unpaired) electrons. The van der Waals surface area contributed by atoms with Crippen molar-refractivity contribution in [2.75, 3.05) is 44.5 Å². The first-order valence-corrected chi connectivity index (χ1v) is 5.68. The molecule has 18 heavy (non-hydrogen) atoms. The summed E-state index contributed by atoms with van der Waals surface area (Å²) in [7, 11) is 3.38. The molecule has 0 aromatic carbocycles. The number of ether oxygens (including phenoxy) is 1. The van der Waals surface area contributed by atoms with Gasteiger partial charge < -0.3 is 20.7 Å². The molecule has 0 aliphatic rings. The van der Waals surface area contributed by atoms with Crippen LogP contribution < -0.4 is 16.0 Å². The SMILES string of the molecule is CNc1ncnc(NCC(=O)NCCOC)c1C. The molecule has 7 heteroatoms. The van der Waals surface area contributed by atoms with E-state index in [0.717, 1.165) is 11.4 Å². The Bertz CT molecular complexity index is 397. The summed E-state index contributed by atoms with van der Waals surface area (Å²) in [6, 6.07) is 0. The molecule has 0 atom stereocenters. The summed E-state index contributed by atoms with van der Waals surface area (Å²) >= 11 is 0. The molecule has 1 amide bonds. The lowest BCUT2D eigenvalue weighted by Crippen LogP contribution is -2.32. The predicted octanol–water partition coefficient (Wildman–Crippen LogP) is 0.00122. The maximum atomic E-state index is 11.5. The van der Waals surface area contributed by atoms with Crippen molar-refractivity contribution in [2.45, 2.75) is 6.92 Å². The van der Waals surface area contributed by atoms with Crippen LogP contribution in [0.2, 0.25) is 0 Å². The summed E-state index contributed by atoms with van der Waals surface area (Å²) < 4.78 is 4.84. The van der Waals surface area contributed by atoms with E-state index in [4.69, 9.17) is 4.74 Å². The highest BCUT2D eigenvalue weighted by Crippen LogP contribution is 2.16. The maximum Gasteiger partial charge on any atom is 0.239 e. The molecule has 1 aromatic heterocycles. The Kier molecular flexibility index (Phi) is 5.86. The Balaban J connectivity index is 2.46. The fourth-order valence-electron chi connectivity index (χ4n) is 1.40. The van der Waals surface area contributed by atoms with Crippen molar-refractivity contribution >= 4 is 17.5 Å². The van der Waals surface area contributed by atoms with Crippen molar-refractivity contribution in [3.63, 3.8) is 0 Å². The average molecular weight is 253 g/mol. The summed E-state index contributed by atoms with van der Waals surface area (Å²) in [6.07, 6.45) is 1.45. The molecule has 3 N–H and O–H groups in total. The molecule has 7 nitrogen and oxygen atoms in total. The smallest absolute Gasteiger partial charge is 0.239 e. The quantitative estimate of drug-likeness (QED) is 0.593. The summed E-state index contributed by atoms with van der Waals surface area (Å²) in [5.41, 5.74) is 0.879. The number of anilines is 2. The molecule has 0 saturated heterocycles. The number of hydrogen-bond acceptors (Lipinski definition) is 6. The monoisotopic (exact) mass is 253 g/mol. The van der Waals surface area contributed by atoms with Gasteiger partial charge in [0, 0.05) is 26.3 Å². The molecular formula is C11H19N5O2. The van der Waals surface area contributed by atoms with Crippen molar-refractivity contribution in [3.8, 4) is 0 Å². The van der Waals surface area contributed by atoms with Crippen LogP contribution in [0.25, 0.3) is 0 Å². The van der Waals surface area contributed by atoms with Crippen LogP contribution in [0.15, 0.2) is 6.33 Å². The molecule has 1 aromatic rings. The summed E-state index contributed by atoms with van der Waals surface area (Å²) in [5.74, 6) is 1.29. The first-order valence-electron chi connectivity index (χ1n) is 5.68. The number of amides is 1. The van der Waals surface area contributed by atoms with E-state index in [1.54, 1.807) is 14.2 Å². The van der Waals surface area contributed by atoms with E-state index in [1.165, 1.54) is 6.33 Å². The molecule has 0 bridgehead atoms. The lowest BCUT2D eigenvalue weighted by molar-refractivity contribution is -0.119. The van der Waals surface area contributed by atoms with Gasteiger partial charge in [-0.3, -0.25) is 4.79 Å². The topological polar surface area (TPSA) is 88.2 Å². The molecule has 0 spiro atoms. The molecule has 0 unspecified atom stereocenters. The second-order valence-corrected chi connectivity index (χ2v) is 3.64. The summed E-state index contributed by atoms with van der Waals surface area (Å²) in [4.78, 5) is 19.6. The minimum absolute atomic E-state index is 0.101. The fourth-order valence-corrected chi connectivity index (χ4v) is 1.40. The number of hydrogen-bond donors (Lipinski definition) is 3. The number of rotatable bonds is 7. The lowest BCUT2D eigenvalue weighted by atomic mass is 10.3. The van der Waals surface area contributed by atoms with Gasteiger partial charge in [-0.05, 0) is 6.92 Å². The highest BCUT2D eigenvalue weighted by atomic mass is 16.5. The van der Waals surface area contributed by atoms with Gasteiger partial charge in [-0.1, -0.05) is 0 Å². The Labute approximate surface area is 106 Å². The van der Waals surface area contributed by atoms with Crippen molar-refractivity contribution in [3.05, 3.63) is 11.9 Å². The van der Waals surface area contributed by atoms with E-state index in [1.807, 2.05) is 6.92 Å². The summed E-state index contributed by atoms with van der Waals surface area (Å²) in [6.45, 7) is 3.06. The van der Waals surface area contributed by atoms with Gasteiger partial charge in [-0.2, -0.15) is 0 Å². The van der Waals surface area contributed by atoms with Crippen molar-refractivity contribution in [1.29, 1.82) is 0 Å². The van der Waals surface area contributed by atoms with E-state index < -0.39 is 0 Å². The molecule has 0 aliphatic carbocycles. The second kappa shape index (κ2) is 7.44. The number of aromatic nitrogens is 2. The van der Waals surface area contributed by atoms with Crippen LogP contribution in [0.1, 0.15) is 5.56 Å². The van der Waals surface area contributed by atoms with Crippen molar-refractivity contribution in [2.24, 2.45) is 0 Å². The third kappa shape index (κ3) is 4.17. The predicted molar refractivity (Wildman–Crippen MR) is 69.7 cm³/mol. The normalized spacial score (nSPS) is 9.94. The average Bonchev–Trinajstić information content (AvgIpc) is 2.38. The van der Waals surface area contributed by atoms with Crippen molar-refractivity contribution < 1.29 is 9.53 Å². The first kappa shape index (κ1) is 14.2. The van der Waals surface area contributed by atoms with Gasteiger partial charge >= 0.3 is 0 Å². The first-order chi connectivity index (χ1) is 8.69. The fraction of sp³-hybridized carbons (Fsp3) is 0.545. The number of nitrogens with one attached hydrogen (secondary N) is 3. The van der Waals surface area contributed by atoms with E-state index >= 15 is 0 Å². The number of methoxy groups -OCH3 is 1. The second-order valence-electron chi connectivity index (χ2n) is 3.64. The van der Waals surface area contributed by atoms with Gasteiger partial charge in [-0.15, -0.1) is 0 Å². The minimum Gasteiger partial charge on any atom is -0.383 e. The van der Waals surface area contributed by atoms with Crippen LogP contribution in [-0.2, 0) is 9.53 Å². The largest absolute Gasteiger partial charge is 0.383 e. The zero-order chi connectivity index (χ0) is 13.4. The molecule has 0 fully saturated rings. The molecule has 100 valence electrons. The van der Waals surface area contributed by atoms with Gasteiger partial charge in [0.1, 0.15) is 18.0 Å². The summed E-state index contributed by atoms with van der Waals surface area (Å²) in [5, 5.41) is 8.64. The van der Waals surface area contributed by atoms with Crippen LogP contribution >= 0.6 is 0 Å².